The third-order valence-corrected chi connectivity index (χ3v) is 5.69. The van der Waals surface area contributed by atoms with Gasteiger partial charge in [0.05, 0.1) is 5.69 Å². The monoisotopic (exact) mass is 466 g/mol. The van der Waals surface area contributed by atoms with Gasteiger partial charge in [-0.1, -0.05) is 58.4 Å². The number of carbonyl (C=O) groups excluding carboxylic acids is 1. The van der Waals surface area contributed by atoms with Crippen molar-refractivity contribution in [1.29, 1.82) is 0 Å². The van der Waals surface area contributed by atoms with Crippen LogP contribution in [0, 0.1) is 12.7 Å². The highest BCUT2D eigenvalue weighted by molar-refractivity contribution is 9.10. The van der Waals surface area contributed by atoms with Crippen molar-refractivity contribution in [2.24, 2.45) is 0 Å². The molecule has 1 amide bonds. The second-order valence-electron chi connectivity index (χ2n) is 7.11. The first-order valence-corrected chi connectivity index (χ1v) is 10.4. The standard InChI is InChI=1S/C24H20BrFN2O2/c1-15-20(21-13-19(25)14-22(26)23(21)28(15)30)11-12-27-24(29)18-9-7-17(8-10-18)16-5-3-2-4-6-16/h2-10,13-14,30H,11-12H2,1H3,(H,27,29). The lowest BCUT2D eigenvalue weighted by Crippen LogP contribution is -2.25. The van der Waals surface area contributed by atoms with E-state index in [2.05, 4.69) is 21.2 Å². The molecule has 4 rings (SSSR count). The number of halogens is 2. The van der Waals surface area contributed by atoms with E-state index in [9.17, 15) is 14.4 Å². The summed E-state index contributed by atoms with van der Waals surface area (Å²) in [7, 11) is 0. The molecule has 0 aliphatic rings. The van der Waals surface area contributed by atoms with Gasteiger partial charge in [0.15, 0.2) is 5.82 Å². The molecule has 3 aromatic carbocycles. The molecule has 0 bridgehead atoms. The molecule has 4 aromatic rings. The molecular formula is C24H20BrFN2O2. The van der Waals surface area contributed by atoms with Crippen LogP contribution < -0.4 is 5.32 Å². The van der Waals surface area contributed by atoms with Crippen LogP contribution in [0.4, 0.5) is 4.39 Å². The van der Waals surface area contributed by atoms with E-state index in [4.69, 9.17) is 0 Å². The first kappa shape index (κ1) is 20.2. The van der Waals surface area contributed by atoms with Crippen LogP contribution in [0.1, 0.15) is 21.6 Å². The van der Waals surface area contributed by atoms with Gasteiger partial charge in [0.1, 0.15) is 5.52 Å². The highest BCUT2D eigenvalue weighted by Gasteiger charge is 2.18. The Balaban J connectivity index is 1.46. The molecule has 4 nitrogen and oxygen atoms in total. The minimum atomic E-state index is -0.501. The molecule has 6 heteroatoms. The lowest BCUT2D eigenvalue weighted by Gasteiger charge is -2.07. The maximum atomic E-state index is 14.2. The summed E-state index contributed by atoms with van der Waals surface area (Å²) in [4.78, 5) is 12.5. The zero-order valence-corrected chi connectivity index (χ0v) is 17.9. The second-order valence-corrected chi connectivity index (χ2v) is 8.02. The van der Waals surface area contributed by atoms with Gasteiger partial charge in [-0.05, 0) is 54.3 Å². The Bertz CT molecular complexity index is 1220. The lowest BCUT2D eigenvalue weighted by molar-refractivity contribution is 0.0954. The van der Waals surface area contributed by atoms with Gasteiger partial charge in [-0.25, -0.2) is 4.39 Å². The van der Waals surface area contributed by atoms with Crippen molar-refractivity contribution < 1.29 is 14.4 Å². The van der Waals surface area contributed by atoms with Crippen LogP contribution >= 0.6 is 15.9 Å². The van der Waals surface area contributed by atoms with Gasteiger partial charge in [0, 0.05) is 22.0 Å². The number of nitrogens with zero attached hydrogens (tertiary/aromatic N) is 1. The lowest BCUT2D eigenvalue weighted by atomic mass is 10.0. The first-order chi connectivity index (χ1) is 14.5. The Labute approximate surface area is 182 Å². The molecule has 1 heterocycles. The molecule has 0 fully saturated rings. The average molecular weight is 467 g/mol. The van der Waals surface area contributed by atoms with E-state index in [-0.39, 0.29) is 11.4 Å². The number of rotatable bonds is 5. The molecule has 0 saturated heterocycles. The number of hydrogen-bond acceptors (Lipinski definition) is 2. The van der Waals surface area contributed by atoms with E-state index in [1.54, 1.807) is 25.1 Å². The molecule has 0 aliphatic carbocycles. The van der Waals surface area contributed by atoms with Gasteiger partial charge < -0.3 is 10.5 Å². The zero-order valence-electron chi connectivity index (χ0n) is 16.3. The Morgan fingerprint density at radius 1 is 1.07 bits per heavy atom. The van der Waals surface area contributed by atoms with Gasteiger partial charge >= 0.3 is 0 Å². The van der Waals surface area contributed by atoms with Crippen molar-refractivity contribution in [1.82, 2.24) is 10.0 Å². The normalized spacial score (nSPS) is 11.0. The summed E-state index contributed by atoms with van der Waals surface area (Å²) in [5, 5.41) is 13.8. The van der Waals surface area contributed by atoms with Crippen molar-refractivity contribution in [2.45, 2.75) is 13.3 Å². The highest BCUT2D eigenvalue weighted by atomic mass is 79.9. The Hall–Kier alpha value is -3.12. The molecule has 2 N–H and O–H groups in total. The van der Waals surface area contributed by atoms with Crippen LogP contribution in [0.25, 0.3) is 22.0 Å². The van der Waals surface area contributed by atoms with E-state index in [1.165, 1.54) is 6.07 Å². The number of hydrogen-bond donors (Lipinski definition) is 2. The van der Waals surface area contributed by atoms with E-state index in [1.807, 2.05) is 42.5 Å². The first-order valence-electron chi connectivity index (χ1n) is 9.57. The molecule has 0 saturated carbocycles. The summed E-state index contributed by atoms with van der Waals surface area (Å²) >= 11 is 3.30. The van der Waals surface area contributed by atoms with E-state index < -0.39 is 5.82 Å². The summed E-state index contributed by atoms with van der Waals surface area (Å²) < 4.78 is 15.7. The van der Waals surface area contributed by atoms with Crippen molar-refractivity contribution in [3.05, 3.63) is 93.8 Å². The van der Waals surface area contributed by atoms with Gasteiger partial charge in [-0.2, -0.15) is 4.73 Å². The number of carbonyl (C=O) groups is 1. The fraction of sp³-hybridized carbons (Fsp3) is 0.125. The molecule has 0 radical (unpaired) electrons. The van der Waals surface area contributed by atoms with Crippen LogP contribution in [0.15, 0.2) is 71.2 Å². The Kier molecular flexibility index (Phi) is 5.59. The number of amides is 1. The van der Waals surface area contributed by atoms with Crippen molar-refractivity contribution in [2.75, 3.05) is 6.54 Å². The van der Waals surface area contributed by atoms with Crippen LogP contribution in [0.3, 0.4) is 0 Å². The number of nitrogens with one attached hydrogen (secondary N) is 1. The molecular weight excluding hydrogens is 447 g/mol. The number of aromatic nitrogens is 1. The third-order valence-electron chi connectivity index (χ3n) is 5.23. The molecule has 0 unspecified atom stereocenters. The van der Waals surface area contributed by atoms with Crippen molar-refractivity contribution >= 4 is 32.7 Å². The largest absolute Gasteiger partial charge is 0.428 e. The van der Waals surface area contributed by atoms with Gasteiger partial charge in [0.25, 0.3) is 5.91 Å². The van der Waals surface area contributed by atoms with Crippen LogP contribution in [0.5, 0.6) is 0 Å². The summed E-state index contributed by atoms with van der Waals surface area (Å²) in [5.41, 5.74) is 4.22. The summed E-state index contributed by atoms with van der Waals surface area (Å²) in [6.07, 6.45) is 0.472. The van der Waals surface area contributed by atoms with Crippen LogP contribution in [-0.2, 0) is 6.42 Å². The summed E-state index contributed by atoms with van der Waals surface area (Å²) in [6, 6.07) is 20.5. The van der Waals surface area contributed by atoms with Crippen LogP contribution in [0.2, 0.25) is 0 Å². The zero-order chi connectivity index (χ0) is 21.3. The molecule has 0 aliphatic heterocycles. The van der Waals surface area contributed by atoms with E-state index in [0.29, 0.717) is 34.1 Å². The summed E-state index contributed by atoms with van der Waals surface area (Å²) in [6.45, 7) is 2.10. The van der Waals surface area contributed by atoms with Gasteiger partial charge in [-0.3, -0.25) is 4.79 Å². The quantitative estimate of drug-likeness (QED) is 0.369. The highest BCUT2D eigenvalue weighted by Crippen LogP contribution is 2.30. The van der Waals surface area contributed by atoms with Crippen LogP contribution in [-0.4, -0.2) is 22.4 Å². The Morgan fingerprint density at radius 3 is 2.43 bits per heavy atom. The SMILES string of the molecule is Cc1c(CCNC(=O)c2ccc(-c3ccccc3)cc2)c2cc(Br)cc(F)c2n1O. The van der Waals surface area contributed by atoms with E-state index in [0.717, 1.165) is 21.4 Å². The van der Waals surface area contributed by atoms with Crippen molar-refractivity contribution in [3.63, 3.8) is 0 Å². The fourth-order valence-electron chi connectivity index (χ4n) is 3.67. The molecule has 0 atom stereocenters. The van der Waals surface area contributed by atoms with Gasteiger partial charge in [0.2, 0.25) is 0 Å². The second kappa shape index (κ2) is 8.32. The topological polar surface area (TPSA) is 54.3 Å². The van der Waals surface area contributed by atoms with Crippen molar-refractivity contribution in [3.8, 4) is 11.1 Å². The predicted molar refractivity (Wildman–Crippen MR) is 119 cm³/mol. The fourth-order valence-corrected chi connectivity index (χ4v) is 4.09. The molecule has 1 aromatic heterocycles. The maximum Gasteiger partial charge on any atom is 0.251 e. The molecule has 0 spiro atoms. The molecule has 30 heavy (non-hydrogen) atoms. The number of benzene rings is 3. The predicted octanol–water partition coefficient (Wildman–Crippen LogP) is 5.73. The average Bonchev–Trinajstić information content (AvgIpc) is 2.99. The minimum absolute atomic E-state index is 0.147. The maximum absolute atomic E-state index is 14.2. The van der Waals surface area contributed by atoms with E-state index >= 15 is 0 Å². The smallest absolute Gasteiger partial charge is 0.251 e. The van der Waals surface area contributed by atoms with Gasteiger partial charge in [-0.15, -0.1) is 0 Å². The Morgan fingerprint density at radius 2 is 1.73 bits per heavy atom. The third kappa shape index (κ3) is 3.83. The number of fused-ring (bicyclic) bond motifs is 1. The minimum Gasteiger partial charge on any atom is -0.428 e. The molecule has 152 valence electrons. The summed E-state index contributed by atoms with van der Waals surface area (Å²) in [5.74, 6) is -0.675.